The lowest BCUT2D eigenvalue weighted by Crippen LogP contribution is -2.43. The summed E-state index contributed by atoms with van der Waals surface area (Å²) in [5, 5.41) is 6.18. The maximum atomic E-state index is 11.6. The highest BCUT2D eigenvalue weighted by molar-refractivity contribution is 5.75. The van der Waals surface area contributed by atoms with Crippen LogP contribution in [0.5, 0.6) is 0 Å². The minimum atomic E-state index is 0.0986. The Bertz CT molecular complexity index is 345. The highest BCUT2D eigenvalue weighted by Gasteiger charge is 2.09. The number of amides is 1. The van der Waals surface area contributed by atoms with Crippen LogP contribution in [0.3, 0.4) is 0 Å². The predicted molar refractivity (Wildman–Crippen MR) is 69.1 cm³/mol. The predicted octanol–water partition coefficient (Wildman–Crippen LogP) is 0.581. The molecular formula is C13H21N3O2. The number of hydrogen-bond acceptors (Lipinski definition) is 4. The monoisotopic (exact) mass is 251 g/mol. The standard InChI is InChI=1S/C13H21N3O2/c17-13(15-11-12-3-2-10-18-12)4-1-7-16-8-5-14-6-9-16/h2-3,10,14H,1,4-9,11H2,(H,15,17). The first-order valence-electron chi connectivity index (χ1n) is 6.57. The van der Waals surface area contributed by atoms with Crippen LogP contribution in [-0.2, 0) is 11.3 Å². The first-order chi connectivity index (χ1) is 8.84. The van der Waals surface area contributed by atoms with Gasteiger partial charge in [0.15, 0.2) is 0 Å². The number of carbonyl (C=O) groups is 1. The maximum Gasteiger partial charge on any atom is 0.220 e. The molecule has 0 spiro atoms. The van der Waals surface area contributed by atoms with E-state index in [0.717, 1.165) is 44.9 Å². The molecule has 2 rings (SSSR count). The number of hydrogen-bond donors (Lipinski definition) is 2. The van der Waals surface area contributed by atoms with Crippen molar-refractivity contribution in [1.29, 1.82) is 0 Å². The van der Waals surface area contributed by atoms with E-state index in [2.05, 4.69) is 15.5 Å². The SMILES string of the molecule is O=C(CCCN1CCNCC1)NCc1ccco1. The molecule has 0 unspecified atom stereocenters. The van der Waals surface area contributed by atoms with Crippen LogP contribution in [0.25, 0.3) is 0 Å². The second-order valence-corrected chi connectivity index (χ2v) is 4.55. The van der Waals surface area contributed by atoms with Crippen molar-refractivity contribution in [1.82, 2.24) is 15.5 Å². The summed E-state index contributed by atoms with van der Waals surface area (Å²) < 4.78 is 5.15. The molecule has 1 fully saturated rings. The zero-order chi connectivity index (χ0) is 12.6. The summed E-state index contributed by atoms with van der Waals surface area (Å²) in [5.74, 6) is 0.895. The van der Waals surface area contributed by atoms with Gasteiger partial charge in [-0.05, 0) is 25.1 Å². The van der Waals surface area contributed by atoms with Gasteiger partial charge in [0.2, 0.25) is 5.91 Å². The third kappa shape index (κ3) is 4.50. The fourth-order valence-electron chi connectivity index (χ4n) is 2.09. The Morgan fingerprint density at radius 3 is 3.00 bits per heavy atom. The summed E-state index contributed by atoms with van der Waals surface area (Å²) in [7, 11) is 0. The second-order valence-electron chi connectivity index (χ2n) is 4.55. The van der Waals surface area contributed by atoms with Crippen molar-refractivity contribution in [3.63, 3.8) is 0 Å². The van der Waals surface area contributed by atoms with Gasteiger partial charge < -0.3 is 20.0 Å². The average molecular weight is 251 g/mol. The summed E-state index contributed by atoms with van der Waals surface area (Å²) in [6, 6.07) is 3.69. The van der Waals surface area contributed by atoms with E-state index in [1.165, 1.54) is 0 Å². The Hall–Kier alpha value is -1.33. The van der Waals surface area contributed by atoms with E-state index in [4.69, 9.17) is 4.42 Å². The minimum absolute atomic E-state index is 0.0986. The Kier molecular flexibility index (Phi) is 5.23. The van der Waals surface area contributed by atoms with Gasteiger partial charge in [-0.2, -0.15) is 0 Å². The van der Waals surface area contributed by atoms with Gasteiger partial charge in [-0.1, -0.05) is 0 Å². The van der Waals surface area contributed by atoms with E-state index in [0.29, 0.717) is 13.0 Å². The molecule has 18 heavy (non-hydrogen) atoms. The molecule has 0 bridgehead atoms. The molecule has 5 heteroatoms. The van der Waals surface area contributed by atoms with Crippen molar-refractivity contribution in [3.05, 3.63) is 24.2 Å². The van der Waals surface area contributed by atoms with Crippen LogP contribution >= 0.6 is 0 Å². The fraction of sp³-hybridized carbons (Fsp3) is 0.615. The van der Waals surface area contributed by atoms with Crippen LogP contribution in [0.2, 0.25) is 0 Å². The van der Waals surface area contributed by atoms with E-state index in [-0.39, 0.29) is 5.91 Å². The molecule has 1 aromatic heterocycles. The van der Waals surface area contributed by atoms with Crippen molar-refractivity contribution in [2.24, 2.45) is 0 Å². The lowest BCUT2D eigenvalue weighted by molar-refractivity contribution is -0.121. The van der Waals surface area contributed by atoms with Gasteiger partial charge in [0.05, 0.1) is 12.8 Å². The molecule has 1 saturated heterocycles. The van der Waals surface area contributed by atoms with Crippen molar-refractivity contribution < 1.29 is 9.21 Å². The van der Waals surface area contributed by atoms with Crippen LogP contribution in [0.1, 0.15) is 18.6 Å². The highest BCUT2D eigenvalue weighted by Crippen LogP contribution is 2.00. The maximum absolute atomic E-state index is 11.6. The van der Waals surface area contributed by atoms with Gasteiger partial charge >= 0.3 is 0 Å². The van der Waals surface area contributed by atoms with Gasteiger partial charge in [-0.15, -0.1) is 0 Å². The molecule has 1 aliphatic rings. The molecule has 0 atom stereocenters. The molecule has 0 radical (unpaired) electrons. The normalized spacial score (nSPS) is 16.7. The number of piperazine rings is 1. The van der Waals surface area contributed by atoms with Gasteiger partial charge in [0, 0.05) is 32.6 Å². The number of nitrogens with one attached hydrogen (secondary N) is 2. The molecule has 2 heterocycles. The number of nitrogens with zero attached hydrogens (tertiary/aromatic N) is 1. The van der Waals surface area contributed by atoms with Crippen LogP contribution in [-0.4, -0.2) is 43.5 Å². The van der Waals surface area contributed by atoms with Crippen molar-refractivity contribution in [3.8, 4) is 0 Å². The van der Waals surface area contributed by atoms with Gasteiger partial charge in [-0.25, -0.2) is 0 Å². The van der Waals surface area contributed by atoms with Crippen LogP contribution in [0.15, 0.2) is 22.8 Å². The second kappa shape index (κ2) is 7.18. The molecule has 100 valence electrons. The fourth-order valence-corrected chi connectivity index (χ4v) is 2.09. The van der Waals surface area contributed by atoms with Crippen molar-refractivity contribution >= 4 is 5.91 Å². The molecular weight excluding hydrogens is 230 g/mol. The summed E-state index contributed by atoms with van der Waals surface area (Å²) in [6.45, 7) is 5.80. The van der Waals surface area contributed by atoms with E-state index in [1.807, 2.05) is 12.1 Å². The zero-order valence-corrected chi connectivity index (χ0v) is 10.7. The van der Waals surface area contributed by atoms with E-state index < -0.39 is 0 Å². The molecule has 5 nitrogen and oxygen atoms in total. The zero-order valence-electron chi connectivity index (χ0n) is 10.7. The minimum Gasteiger partial charge on any atom is -0.467 e. The van der Waals surface area contributed by atoms with Gasteiger partial charge in [-0.3, -0.25) is 4.79 Å². The Morgan fingerprint density at radius 1 is 1.44 bits per heavy atom. The Balaban J connectivity index is 1.54. The average Bonchev–Trinajstić information content (AvgIpc) is 2.91. The van der Waals surface area contributed by atoms with E-state index in [9.17, 15) is 4.79 Å². The van der Waals surface area contributed by atoms with Crippen molar-refractivity contribution in [2.45, 2.75) is 19.4 Å². The smallest absolute Gasteiger partial charge is 0.220 e. The van der Waals surface area contributed by atoms with E-state index >= 15 is 0 Å². The lowest BCUT2D eigenvalue weighted by atomic mass is 10.2. The highest BCUT2D eigenvalue weighted by atomic mass is 16.3. The largest absolute Gasteiger partial charge is 0.467 e. The molecule has 0 saturated carbocycles. The summed E-state index contributed by atoms with van der Waals surface area (Å²) in [4.78, 5) is 14.0. The molecule has 2 N–H and O–H groups in total. The van der Waals surface area contributed by atoms with Crippen molar-refractivity contribution in [2.75, 3.05) is 32.7 Å². The number of carbonyl (C=O) groups excluding carboxylic acids is 1. The third-order valence-electron chi connectivity index (χ3n) is 3.13. The Morgan fingerprint density at radius 2 is 2.28 bits per heavy atom. The van der Waals surface area contributed by atoms with Crippen LogP contribution in [0, 0.1) is 0 Å². The number of rotatable bonds is 6. The summed E-state index contributed by atoms with van der Waals surface area (Å²) >= 11 is 0. The quantitative estimate of drug-likeness (QED) is 0.776. The lowest BCUT2D eigenvalue weighted by Gasteiger charge is -2.26. The molecule has 0 aliphatic carbocycles. The molecule has 0 aromatic carbocycles. The van der Waals surface area contributed by atoms with Crippen LogP contribution < -0.4 is 10.6 Å². The molecule has 1 aliphatic heterocycles. The number of furan rings is 1. The van der Waals surface area contributed by atoms with Gasteiger partial charge in [0.1, 0.15) is 5.76 Å². The van der Waals surface area contributed by atoms with Crippen LogP contribution in [0.4, 0.5) is 0 Å². The first-order valence-corrected chi connectivity index (χ1v) is 6.57. The molecule has 1 aromatic rings. The van der Waals surface area contributed by atoms with E-state index in [1.54, 1.807) is 6.26 Å². The topological polar surface area (TPSA) is 57.5 Å². The Labute approximate surface area is 108 Å². The molecule has 1 amide bonds. The van der Waals surface area contributed by atoms with Gasteiger partial charge in [0.25, 0.3) is 0 Å². The first kappa shape index (κ1) is 13.1. The summed E-state index contributed by atoms with van der Waals surface area (Å²) in [5.41, 5.74) is 0. The summed E-state index contributed by atoms with van der Waals surface area (Å²) in [6.07, 6.45) is 3.13. The third-order valence-corrected chi connectivity index (χ3v) is 3.13.